The topological polar surface area (TPSA) is 109 Å². The van der Waals surface area contributed by atoms with Crippen molar-refractivity contribution in [3.63, 3.8) is 0 Å². The first kappa shape index (κ1) is 16.9. The van der Waals surface area contributed by atoms with Crippen LogP contribution >= 0.6 is 11.8 Å². The number of hydrogen-bond donors (Lipinski definition) is 3. The highest BCUT2D eigenvalue weighted by atomic mass is 32.2. The maximum absolute atomic E-state index is 12.2. The van der Waals surface area contributed by atoms with Crippen LogP contribution in [-0.2, 0) is 4.79 Å². The van der Waals surface area contributed by atoms with Crippen LogP contribution in [0.15, 0.2) is 24.7 Å². The fourth-order valence-electron chi connectivity index (χ4n) is 1.97. The Morgan fingerprint density at radius 2 is 2.00 bits per heavy atom. The second kappa shape index (κ2) is 8.28. The molecule has 23 heavy (non-hydrogen) atoms. The molecule has 0 saturated carbocycles. The third-order valence-corrected chi connectivity index (χ3v) is 3.74. The van der Waals surface area contributed by atoms with Crippen molar-refractivity contribution in [2.75, 3.05) is 24.4 Å². The molecule has 9 heteroatoms. The maximum Gasteiger partial charge on any atom is 0.321 e. The number of nitrogens with zero attached hydrogens (tertiary/aromatic N) is 3. The van der Waals surface area contributed by atoms with Gasteiger partial charge >= 0.3 is 6.03 Å². The van der Waals surface area contributed by atoms with Crippen LogP contribution < -0.4 is 16.0 Å². The van der Waals surface area contributed by atoms with Crippen LogP contribution in [0.25, 0.3) is 11.0 Å². The zero-order chi connectivity index (χ0) is 16.7. The van der Waals surface area contributed by atoms with Crippen molar-refractivity contribution >= 4 is 40.6 Å². The number of rotatable bonds is 6. The summed E-state index contributed by atoms with van der Waals surface area (Å²) in [6.07, 6.45) is 7.11. The molecule has 0 saturated heterocycles. The molecule has 0 bridgehead atoms. The van der Waals surface area contributed by atoms with Gasteiger partial charge in [-0.3, -0.25) is 15.1 Å². The summed E-state index contributed by atoms with van der Waals surface area (Å²) in [4.78, 5) is 36.4. The average molecular weight is 334 g/mol. The van der Waals surface area contributed by atoms with Crippen molar-refractivity contribution in [3.8, 4) is 0 Å². The van der Waals surface area contributed by atoms with Gasteiger partial charge in [0.1, 0.15) is 11.6 Å². The van der Waals surface area contributed by atoms with Crippen molar-refractivity contribution in [1.29, 1.82) is 0 Å². The van der Waals surface area contributed by atoms with Gasteiger partial charge in [-0.05, 0) is 24.5 Å². The molecule has 3 amide bonds. The van der Waals surface area contributed by atoms with Gasteiger partial charge in [0, 0.05) is 25.6 Å². The number of urea groups is 1. The first-order valence-corrected chi connectivity index (χ1v) is 8.39. The van der Waals surface area contributed by atoms with E-state index in [0.717, 1.165) is 5.75 Å². The zero-order valence-electron chi connectivity index (χ0n) is 12.9. The molecular weight excluding hydrogens is 316 g/mol. The number of pyridine rings is 1. The Hall–Kier alpha value is -2.42. The molecule has 2 heterocycles. The number of aromatic nitrogens is 3. The summed E-state index contributed by atoms with van der Waals surface area (Å²) >= 11 is 1.61. The number of nitrogens with one attached hydrogen (secondary N) is 3. The van der Waals surface area contributed by atoms with Gasteiger partial charge in [-0.15, -0.1) is 0 Å². The Morgan fingerprint density at radius 3 is 2.74 bits per heavy atom. The number of thioether (sulfide) groups is 1. The molecule has 2 rings (SSSR count). The van der Waals surface area contributed by atoms with E-state index >= 15 is 0 Å². The minimum atomic E-state index is -0.603. The lowest BCUT2D eigenvalue weighted by Crippen LogP contribution is -2.47. The van der Waals surface area contributed by atoms with Gasteiger partial charge in [0.05, 0.1) is 5.52 Å². The first-order chi connectivity index (χ1) is 11.2. The van der Waals surface area contributed by atoms with Crippen molar-refractivity contribution in [2.45, 2.75) is 12.5 Å². The van der Waals surface area contributed by atoms with E-state index in [9.17, 15) is 9.59 Å². The van der Waals surface area contributed by atoms with E-state index in [4.69, 9.17) is 0 Å². The van der Waals surface area contributed by atoms with E-state index in [1.54, 1.807) is 24.0 Å². The van der Waals surface area contributed by atoms with Crippen LogP contribution in [0.5, 0.6) is 0 Å². The number of carbonyl (C=O) groups excluding carboxylic acids is 2. The summed E-state index contributed by atoms with van der Waals surface area (Å²) < 4.78 is 0. The molecule has 3 N–H and O–H groups in total. The Kier molecular flexibility index (Phi) is 6.10. The van der Waals surface area contributed by atoms with E-state index in [0.29, 0.717) is 23.3 Å². The first-order valence-electron chi connectivity index (χ1n) is 6.99. The standard InChI is InChI=1S/C14H18N6O2S/c1-15-13(21)10(4-8-23-2)19-14(22)20-12-11-9(3-5-18-12)16-6-7-17-11/h3,5-7,10H,4,8H2,1-2H3,(H,15,21)(H2,18,19,20,22)/t10-/m0/s1. The molecule has 0 spiro atoms. The molecule has 0 aliphatic rings. The summed E-state index contributed by atoms with van der Waals surface area (Å²) in [5.74, 6) is 0.824. The Labute approximate surface area is 137 Å². The minimum Gasteiger partial charge on any atom is -0.357 e. The molecule has 0 aromatic carbocycles. The number of hydrogen-bond acceptors (Lipinski definition) is 6. The van der Waals surface area contributed by atoms with Crippen LogP contribution in [0.4, 0.5) is 10.6 Å². The van der Waals surface area contributed by atoms with Crippen LogP contribution in [0.2, 0.25) is 0 Å². The van der Waals surface area contributed by atoms with Crippen molar-refractivity contribution < 1.29 is 9.59 Å². The molecule has 0 aliphatic carbocycles. The third kappa shape index (κ3) is 4.52. The monoisotopic (exact) mass is 334 g/mol. The second-order valence-electron chi connectivity index (χ2n) is 4.63. The molecule has 8 nitrogen and oxygen atoms in total. The predicted octanol–water partition coefficient (Wildman–Crippen LogP) is 1.01. The molecule has 122 valence electrons. The fraction of sp³-hybridized carbons (Fsp3) is 0.357. The summed E-state index contributed by atoms with van der Waals surface area (Å²) in [5, 5.41) is 7.82. The number of fused-ring (bicyclic) bond motifs is 1. The van der Waals surface area contributed by atoms with Crippen molar-refractivity contribution in [1.82, 2.24) is 25.6 Å². The van der Waals surface area contributed by atoms with Crippen molar-refractivity contribution in [3.05, 3.63) is 24.7 Å². The highest BCUT2D eigenvalue weighted by Gasteiger charge is 2.19. The summed E-state index contributed by atoms with van der Waals surface area (Å²) in [7, 11) is 1.54. The van der Waals surface area contributed by atoms with Gasteiger partial charge in [-0.2, -0.15) is 11.8 Å². The lowest BCUT2D eigenvalue weighted by Gasteiger charge is -2.17. The summed E-state index contributed by atoms with van der Waals surface area (Å²) in [6, 6.07) is 0.593. The number of likely N-dealkylation sites (N-methyl/N-ethyl adjacent to an activating group) is 1. The molecule has 0 unspecified atom stereocenters. The summed E-state index contributed by atoms with van der Waals surface area (Å²) in [6.45, 7) is 0. The van der Waals surface area contributed by atoms with Crippen LogP contribution in [0.3, 0.4) is 0 Å². The molecule has 2 aromatic heterocycles. The Morgan fingerprint density at radius 1 is 1.22 bits per heavy atom. The molecule has 0 fully saturated rings. The van der Waals surface area contributed by atoms with E-state index in [1.807, 2.05) is 6.26 Å². The van der Waals surface area contributed by atoms with E-state index in [-0.39, 0.29) is 5.91 Å². The largest absolute Gasteiger partial charge is 0.357 e. The number of carbonyl (C=O) groups is 2. The van der Waals surface area contributed by atoms with Gasteiger partial charge in [-0.1, -0.05) is 0 Å². The smallest absolute Gasteiger partial charge is 0.321 e. The Bertz CT molecular complexity index is 691. The average Bonchev–Trinajstić information content (AvgIpc) is 2.58. The van der Waals surface area contributed by atoms with E-state index in [1.165, 1.54) is 19.4 Å². The van der Waals surface area contributed by atoms with Crippen molar-refractivity contribution in [2.24, 2.45) is 0 Å². The van der Waals surface area contributed by atoms with E-state index in [2.05, 4.69) is 30.9 Å². The molecular formula is C14H18N6O2S. The molecule has 0 radical (unpaired) electrons. The lowest BCUT2D eigenvalue weighted by atomic mass is 10.2. The second-order valence-corrected chi connectivity index (χ2v) is 5.62. The zero-order valence-corrected chi connectivity index (χ0v) is 13.7. The van der Waals surface area contributed by atoms with Crippen LogP contribution in [-0.4, -0.2) is 52.0 Å². The van der Waals surface area contributed by atoms with E-state index < -0.39 is 12.1 Å². The highest BCUT2D eigenvalue weighted by Crippen LogP contribution is 2.15. The lowest BCUT2D eigenvalue weighted by molar-refractivity contribution is -0.122. The summed E-state index contributed by atoms with van der Waals surface area (Å²) in [5.41, 5.74) is 1.12. The SMILES string of the molecule is CNC(=O)[C@H](CCSC)NC(=O)Nc1nccc2nccnc12. The van der Waals surface area contributed by atoms with Gasteiger partial charge in [0.25, 0.3) is 0 Å². The number of anilines is 1. The van der Waals surface area contributed by atoms with Gasteiger partial charge in [0.2, 0.25) is 5.91 Å². The molecule has 0 aliphatic heterocycles. The quantitative estimate of drug-likeness (QED) is 0.727. The maximum atomic E-state index is 12.2. The molecule has 2 aromatic rings. The van der Waals surface area contributed by atoms with Gasteiger partial charge < -0.3 is 10.6 Å². The number of amides is 3. The normalized spacial score (nSPS) is 11.7. The Balaban J connectivity index is 2.09. The minimum absolute atomic E-state index is 0.236. The van der Waals surface area contributed by atoms with Crippen LogP contribution in [0, 0.1) is 0 Å². The van der Waals surface area contributed by atoms with Gasteiger partial charge in [0.15, 0.2) is 5.82 Å². The highest BCUT2D eigenvalue weighted by molar-refractivity contribution is 7.98. The predicted molar refractivity (Wildman–Crippen MR) is 90.3 cm³/mol. The van der Waals surface area contributed by atoms with Crippen LogP contribution in [0.1, 0.15) is 6.42 Å². The van der Waals surface area contributed by atoms with Gasteiger partial charge in [-0.25, -0.2) is 14.8 Å². The molecule has 1 atom stereocenters. The fourth-order valence-corrected chi connectivity index (χ4v) is 2.44. The third-order valence-electron chi connectivity index (χ3n) is 3.10.